The minimum absolute atomic E-state index is 0.127. The lowest BCUT2D eigenvalue weighted by molar-refractivity contribution is -0.114. The molecule has 196 valence electrons. The van der Waals surface area contributed by atoms with Crippen LogP contribution in [0.15, 0.2) is 103 Å². The molecular formula is C32H30N4O3. The Balaban J connectivity index is 1.30. The lowest BCUT2D eigenvalue weighted by atomic mass is 9.85. The summed E-state index contributed by atoms with van der Waals surface area (Å²) in [4.78, 5) is 12.5. The molecule has 1 amide bonds. The first kappa shape index (κ1) is 25.7. The molecule has 4 aromatic carbocycles. The van der Waals surface area contributed by atoms with E-state index >= 15 is 0 Å². The van der Waals surface area contributed by atoms with Crippen molar-refractivity contribution in [2.24, 2.45) is 5.92 Å². The number of nitrogens with two attached hydrogens (primary N) is 1. The van der Waals surface area contributed by atoms with Gasteiger partial charge in [0, 0.05) is 5.69 Å². The Kier molecular flexibility index (Phi) is 7.41. The third-order valence-electron chi connectivity index (χ3n) is 6.84. The van der Waals surface area contributed by atoms with E-state index in [0.717, 1.165) is 16.7 Å². The summed E-state index contributed by atoms with van der Waals surface area (Å²) < 4.78 is 12.0. The Hall–Kier alpha value is -4.91. The minimum Gasteiger partial charge on any atom is -0.489 e. The number of rotatable bonds is 9. The third kappa shape index (κ3) is 5.83. The van der Waals surface area contributed by atoms with Gasteiger partial charge in [0.2, 0.25) is 0 Å². The van der Waals surface area contributed by atoms with E-state index < -0.39 is 17.9 Å². The van der Waals surface area contributed by atoms with Gasteiger partial charge in [-0.05, 0) is 65.6 Å². The predicted octanol–water partition coefficient (Wildman–Crippen LogP) is 5.86. The van der Waals surface area contributed by atoms with Crippen LogP contribution in [0.1, 0.15) is 41.3 Å². The lowest BCUT2D eigenvalue weighted by Crippen LogP contribution is -2.26. The van der Waals surface area contributed by atoms with Crippen LogP contribution in [-0.2, 0) is 11.4 Å². The normalized spacial score (nSPS) is 17.4. The van der Waals surface area contributed by atoms with Crippen LogP contribution in [-0.4, -0.2) is 17.3 Å². The van der Waals surface area contributed by atoms with Crippen molar-refractivity contribution in [1.29, 1.82) is 10.8 Å². The van der Waals surface area contributed by atoms with Gasteiger partial charge in [0.25, 0.3) is 5.91 Å². The SMILES string of the molecule is CC(Oc1cccc(C(=N)C2C(=N)C(=O)NC2c2ccc(OCc3ccc(N)cc3)cc2)c1)c1ccccc1. The minimum atomic E-state index is -0.735. The fourth-order valence-corrected chi connectivity index (χ4v) is 4.66. The van der Waals surface area contributed by atoms with Gasteiger partial charge in [-0.1, -0.05) is 66.7 Å². The second-order valence-electron chi connectivity index (χ2n) is 9.55. The second kappa shape index (κ2) is 11.2. The van der Waals surface area contributed by atoms with E-state index in [1.807, 2.05) is 104 Å². The largest absolute Gasteiger partial charge is 0.489 e. The molecule has 4 aromatic rings. The number of benzene rings is 4. The highest BCUT2D eigenvalue weighted by Gasteiger charge is 2.41. The van der Waals surface area contributed by atoms with Crippen molar-refractivity contribution in [1.82, 2.24) is 5.32 Å². The van der Waals surface area contributed by atoms with Gasteiger partial charge in [-0.2, -0.15) is 0 Å². The van der Waals surface area contributed by atoms with Crippen molar-refractivity contribution < 1.29 is 14.3 Å². The van der Waals surface area contributed by atoms with E-state index in [1.54, 1.807) is 6.07 Å². The standard InChI is InChI=1S/C32H30N4O3/c1-20(22-6-3-2-4-7-22)39-27-9-5-8-24(18-27)29(34)28-30(35)32(37)36-31(28)23-12-16-26(17-13-23)38-19-21-10-14-25(33)15-11-21/h2-18,20,28,31,34-35H,19,33H2,1H3,(H,36,37). The number of anilines is 1. The van der Waals surface area contributed by atoms with Crippen molar-refractivity contribution in [2.75, 3.05) is 5.73 Å². The zero-order valence-corrected chi connectivity index (χ0v) is 21.6. The molecule has 0 aromatic heterocycles. The number of amides is 1. The molecule has 1 heterocycles. The van der Waals surface area contributed by atoms with Gasteiger partial charge < -0.3 is 25.9 Å². The summed E-state index contributed by atoms with van der Waals surface area (Å²) in [6.45, 7) is 2.38. The lowest BCUT2D eigenvalue weighted by Gasteiger charge is -2.21. The highest BCUT2D eigenvalue weighted by Crippen LogP contribution is 2.33. The Bertz CT molecular complexity index is 1480. The van der Waals surface area contributed by atoms with Crippen LogP contribution in [0.25, 0.3) is 0 Å². The fraction of sp³-hybridized carbons (Fsp3) is 0.156. The van der Waals surface area contributed by atoms with E-state index in [9.17, 15) is 4.79 Å². The number of nitrogen functional groups attached to an aromatic ring is 1. The topological polar surface area (TPSA) is 121 Å². The molecule has 7 nitrogen and oxygen atoms in total. The molecule has 0 bridgehead atoms. The van der Waals surface area contributed by atoms with Crippen LogP contribution in [0.2, 0.25) is 0 Å². The number of ether oxygens (including phenoxy) is 2. The van der Waals surface area contributed by atoms with Crippen molar-refractivity contribution in [2.45, 2.75) is 25.7 Å². The Labute approximate surface area is 227 Å². The Morgan fingerprint density at radius 2 is 1.64 bits per heavy atom. The number of carbonyl (C=O) groups excluding carboxylic acids is 1. The first-order chi connectivity index (χ1) is 18.9. The molecule has 1 fully saturated rings. The van der Waals surface area contributed by atoms with Crippen LogP contribution in [0.5, 0.6) is 11.5 Å². The highest BCUT2D eigenvalue weighted by atomic mass is 16.5. The monoisotopic (exact) mass is 518 g/mol. The van der Waals surface area contributed by atoms with Gasteiger partial charge >= 0.3 is 0 Å². The third-order valence-corrected chi connectivity index (χ3v) is 6.84. The van der Waals surface area contributed by atoms with Crippen molar-refractivity contribution in [3.8, 4) is 11.5 Å². The molecule has 1 aliphatic heterocycles. The molecule has 0 aliphatic carbocycles. The smallest absolute Gasteiger partial charge is 0.266 e. The molecule has 3 atom stereocenters. The van der Waals surface area contributed by atoms with Gasteiger partial charge in [0.15, 0.2) is 0 Å². The molecule has 3 unspecified atom stereocenters. The first-order valence-electron chi connectivity index (χ1n) is 12.8. The van der Waals surface area contributed by atoms with E-state index in [0.29, 0.717) is 29.4 Å². The number of carbonyl (C=O) groups is 1. The van der Waals surface area contributed by atoms with E-state index in [2.05, 4.69) is 5.32 Å². The summed E-state index contributed by atoms with van der Waals surface area (Å²) in [5.41, 5.74) is 9.95. The first-order valence-corrected chi connectivity index (χ1v) is 12.8. The Morgan fingerprint density at radius 3 is 2.36 bits per heavy atom. The van der Waals surface area contributed by atoms with E-state index in [1.165, 1.54) is 0 Å². The maximum atomic E-state index is 12.5. The van der Waals surface area contributed by atoms with Gasteiger partial charge in [-0.3, -0.25) is 10.2 Å². The molecule has 39 heavy (non-hydrogen) atoms. The summed E-state index contributed by atoms with van der Waals surface area (Å²) >= 11 is 0. The van der Waals surface area contributed by atoms with Crippen LogP contribution in [0, 0.1) is 16.7 Å². The molecule has 5 N–H and O–H groups in total. The van der Waals surface area contributed by atoms with Gasteiger partial charge in [0.1, 0.15) is 29.9 Å². The van der Waals surface area contributed by atoms with Gasteiger partial charge in [-0.15, -0.1) is 0 Å². The van der Waals surface area contributed by atoms with E-state index in [4.69, 9.17) is 26.0 Å². The molecule has 1 aliphatic rings. The summed E-state index contributed by atoms with van der Waals surface area (Å²) in [5, 5.41) is 20.3. The highest BCUT2D eigenvalue weighted by molar-refractivity contribution is 6.45. The molecule has 1 saturated heterocycles. The van der Waals surface area contributed by atoms with Crippen LogP contribution in [0.3, 0.4) is 0 Å². The van der Waals surface area contributed by atoms with Gasteiger partial charge in [0.05, 0.1) is 17.7 Å². The fourth-order valence-electron chi connectivity index (χ4n) is 4.66. The van der Waals surface area contributed by atoms with E-state index in [-0.39, 0.29) is 17.5 Å². The second-order valence-corrected chi connectivity index (χ2v) is 9.55. The van der Waals surface area contributed by atoms with Crippen molar-refractivity contribution >= 4 is 23.0 Å². The Morgan fingerprint density at radius 1 is 0.923 bits per heavy atom. The van der Waals surface area contributed by atoms with Crippen LogP contribution in [0.4, 0.5) is 5.69 Å². The molecule has 0 radical (unpaired) electrons. The maximum Gasteiger partial charge on any atom is 0.266 e. The molecular weight excluding hydrogens is 488 g/mol. The molecule has 0 spiro atoms. The summed E-state index contributed by atoms with van der Waals surface area (Å²) in [5.74, 6) is 0.0972. The average Bonchev–Trinajstić information content (AvgIpc) is 3.26. The van der Waals surface area contributed by atoms with Gasteiger partial charge in [-0.25, -0.2) is 0 Å². The zero-order chi connectivity index (χ0) is 27.4. The molecule has 0 saturated carbocycles. The maximum absolute atomic E-state index is 12.5. The molecule has 5 rings (SSSR count). The summed E-state index contributed by atoms with van der Waals surface area (Å²) in [7, 11) is 0. The quantitative estimate of drug-likeness (QED) is 0.164. The van der Waals surface area contributed by atoms with Crippen LogP contribution >= 0.6 is 0 Å². The summed E-state index contributed by atoms with van der Waals surface area (Å²) in [6, 6.07) is 31.6. The molecule has 7 heteroatoms. The number of hydrogen-bond donors (Lipinski definition) is 4. The summed E-state index contributed by atoms with van der Waals surface area (Å²) in [6.07, 6.45) is -0.169. The number of nitrogens with one attached hydrogen (secondary N) is 3. The van der Waals surface area contributed by atoms with Crippen LogP contribution < -0.4 is 20.5 Å². The van der Waals surface area contributed by atoms with Crippen molar-refractivity contribution in [3.05, 3.63) is 125 Å². The predicted molar refractivity (Wildman–Crippen MR) is 152 cm³/mol. The average molecular weight is 519 g/mol. The zero-order valence-electron chi connectivity index (χ0n) is 21.6. The number of hydrogen-bond acceptors (Lipinski definition) is 6. The van der Waals surface area contributed by atoms with Crippen molar-refractivity contribution in [3.63, 3.8) is 0 Å².